The molecule has 4 heteroatoms. The molecule has 1 N–H and O–H groups in total. The second-order valence-electron chi connectivity index (χ2n) is 5.95. The molecule has 0 aliphatic rings. The van der Waals surface area contributed by atoms with Gasteiger partial charge in [-0.2, -0.15) is 4.98 Å². The van der Waals surface area contributed by atoms with Gasteiger partial charge < -0.3 is 10.1 Å². The van der Waals surface area contributed by atoms with Crippen molar-refractivity contribution in [3.05, 3.63) is 11.9 Å². The highest BCUT2D eigenvalue weighted by molar-refractivity contribution is 5.39. The van der Waals surface area contributed by atoms with E-state index < -0.39 is 5.60 Å². The Kier molecular flexibility index (Phi) is 4.41. The maximum absolute atomic E-state index is 5.75. The van der Waals surface area contributed by atoms with Gasteiger partial charge in [-0.25, -0.2) is 4.98 Å². The first kappa shape index (κ1) is 15.3. The maximum Gasteiger partial charge on any atom is 0.220 e. The number of nitrogens with one attached hydrogen (secondary N) is 1. The summed E-state index contributed by atoms with van der Waals surface area (Å²) in [5, 5.41) is 3.18. The van der Waals surface area contributed by atoms with Gasteiger partial charge in [0.05, 0.1) is 0 Å². The molecule has 4 nitrogen and oxygen atoms in total. The topological polar surface area (TPSA) is 47.0 Å². The summed E-state index contributed by atoms with van der Waals surface area (Å²) in [6, 6.07) is 1.78. The number of hydrogen-bond acceptors (Lipinski definition) is 4. The smallest absolute Gasteiger partial charge is 0.220 e. The predicted molar refractivity (Wildman–Crippen MR) is 78.4 cm³/mol. The molecule has 0 unspecified atom stereocenters. The van der Waals surface area contributed by atoms with Crippen molar-refractivity contribution in [2.45, 2.75) is 52.6 Å². The highest BCUT2D eigenvalue weighted by Gasteiger charge is 2.22. The minimum Gasteiger partial charge on any atom is -0.458 e. The van der Waals surface area contributed by atoms with Crippen LogP contribution in [0.1, 0.15) is 47.4 Å². The molecule has 0 atom stereocenters. The first-order chi connectivity index (χ1) is 8.68. The molecular formula is C15H23N3O. The number of anilines is 1. The molecule has 0 bridgehead atoms. The van der Waals surface area contributed by atoms with E-state index in [0.29, 0.717) is 5.88 Å². The Morgan fingerprint density at radius 3 is 2.37 bits per heavy atom. The Morgan fingerprint density at radius 2 is 1.89 bits per heavy atom. The highest BCUT2D eigenvalue weighted by atomic mass is 16.5. The normalized spacial score (nSPS) is 11.8. The monoisotopic (exact) mass is 261 g/mol. The van der Waals surface area contributed by atoms with Gasteiger partial charge in [0.2, 0.25) is 5.88 Å². The Hall–Kier alpha value is -1.76. The summed E-state index contributed by atoms with van der Waals surface area (Å²) in [4.78, 5) is 8.95. The molecule has 0 saturated carbocycles. The minimum atomic E-state index is -0.688. The molecule has 104 valence electrons. The zero-order valence-electron chi connectivity index (χ0n) is 12.7. The molecule has 19 heavy (non-hydrogen) atoms. The van der Waals surface area contributed by atoms with Crippen molar-refractivity contribution >= 4 is 5.82 Å². The molecule has 0 fully saturated rings. The average molecular weight is 261 g/mol. The van der Waals surface area contributed by atoms with Gasteiger partial charge in [0, 0.05) is 18.0 Å². The average Bonchev–Trinajstić information content (AvgIpc) is 2.27. The van der Waals surface area contributed by atoms with Crippen molar-refractivity contribution in [2.24, 2.45) is 0 Å². The Balaban J connectivity index is 3.18. The van der Waals surface area contributed by atoms with Crippen LogP contribution in [0.2, 0.25) is 0 Å². The van der Waals surface area contributed by atoms with E-state index in [1.54, 1.807) is 6.07 Å². The summed E-state index contributed by atoms with van der Waals surface area (Å²) in [5.74, 6) is 4.58. The van der Waals surface area contributed by atoms with Crippen LogP contribution >= 0.6 is 0 Å². The van der Waals surface area contributed by atoms with Gasteiger partial charge in [-0.3, -0.25) is 0 Å². The SMILES string of the molecule is C#CC(C)(C)Oc1cc(NCC)nc(C(C)(C)C)n1. The van der Waals surface area contributed by atoms with Crippen molar-refractivity contribution < 1.29 is 4.74 Å². The molecule has 0 aromatic carbocycles. The van der Waals surface area contributed by atoms with Crippen LogP contribution < -0.4 is 10.1 Å². The molecule has 0 radical (unpaired) electrons. The van der Waals surface area contributed by atoms with Crippen LogP contribution in [0.15, 0.2) is 6.07 Å². The molecule has 1 rings (SSSR count). The summed E-state index contributed by atoms with van der Waals surface area (Å²) >= 11 is 0. The summed E-state index contributed by atoms with van der Waals surface area (Å²) in [7, 11) is 0. The lowest BCUT2D eigenvalue weighted by molar-refractivity contribution is 0.163. The van der Waals surface area contributed by atoms with Gasteiger partial charge in [-0.15, -0.1) is 6.42 Å². The standard InChI is InChI=1S/C15H23N3O/c1-8-15(6,7)19-12-10-11(16-9-2)17-13(18-12)14(3,4)5/h1,10H,9H2,2-7H3,(H,16,17,18). The van der Waals surface area contributed by atoms with Gasteiger partial charge >= 0.3 is 0 Å². The lowest BCUT2D eigenvalue weighted by atomic mass is 9.96. The number of terminal acetylenes is 1. The lowest BCUT2D eigenvalue weighted by Gasteiger charge is -2.23. The molecular weight excluding hydrogens is 238 g/mol. The van der Waals surface area contributed by atoms with E-state index in [2.05, 4.69) is 42.0 Å². The first-order valence-corrected chi connectivity index (χ1v) is 6.48. The molecule has 0 aliphatic heterocycles. The van der Waals surface area contributed by atoms with E-state index in [9.17, 15) is 0 Å². The van der Waals surface area contributed by atoms with Crippen molar-refractivity contribution in [3.8, 4) is 18.2 Å². The second-order valence-corrected chi connectivity index (χ2v) is 5.95. The van der Waals surface area contributed by atoms with Crippen LogP contribution in [0.3, 0.4) is 0 Å². The fraction of sp³-hybridized carbons (Fsp3) is 0.600. The van der Waals surface area contributed by atoms with Crippen molar-refractivity contribution in [2.75, 3.05) is 11.9 Å². The zero-order valence-corrected chi connectivity index (χ0v) is 12.7. The van der Waals surface area contributed by atoms with Crippen LogP contribution in [0, 0.1) is 12.3 Å². The third-order valence-corrected chi connectivity index (χ3v) is 2.44. The van der Waals surface area contributed by atoms with Crippen LogP contribution in [-0.4, -0.2) is 22.1 Å². The molecule has 0 aliphatic carbocycles. The number of rotatable bonds is 4. The molecule has 0 saturated heterocycles. The fourth-order valence-electron chi connectivity index (χ4n) is 1.38. The van der Waals surface area contributed by atoms with Crippen LogP contribution in [-0.2, 0) is 5.41 Å². The molecule has 0 spiro atoms. The van der Waals surface area contributed by atoms with E-state index in [0.717, 1.165) is 18.2 Å². The Morgan fingerprint density at radius 1 is 1.26 bits per heavy atom. The summed E-state index contributed by atoms with van der Waals surface area (Å²) in [6.07, 6.45) is 5.44. The van der Waals surface area contributed by atoms with Crippen LogP contribution in [0.4, 0.5) is 5.82 Å². The predicted octanol–water partition coefficient (Wildman–Crippen LogP) is 3.00. The fourth-order valence-corrected chi connectivity index (χ4v) is 1.38. The minimum absolute atomic E-state index is 0.149. The maximum atomic E-state index is 5.75. The number of nitrogens with zero attached hydrogens (tertiary/aromatic N) is 2. The summed E-state index contributed by atoms with van der Waals surface area (Å²) < 4.78 is 5.75. The molecule has 1 aromatic heterocycles. The summed E-state index contributed by atoms with van der Waals surface area (Å²) in [5.41, 5.74) is -0.836. The van der Waals surface area contributed by atoms with E-state index in [-0.39, 0.29) is 5.41 Å². The Labute approximate surface area is 116 Å². The quantitative estimate of drug-likeness (QED) is 0.846. The second kappa shape index (κ2) is 5.48. The number of aromatic nitrogens is 2. The van der Waals surface area contributed by atoms with Gasteiger partial charge in [0.1, 0.15) is 11.6 Å². The van der Waals surface area contributed by atoms with Crippen molar-refractivity contribution in [3.63, 3.8) is 0 Å². The van der Waals surface area contributed by atoms with Gasteiger partial charge in [0.25, 0.3) is 0 Å². The Bertz CT molecular complexity index is 481. The van der Waals surface area contributed by atoms with Crippen molar-refractivity contribution in [1.29, 1.82) is 0 Å². The third kappa shape index (κ3) is 4.44. The van der Waals surface area contributed by atoms with E-state index in [4.69, 9.17) is 11.2 Å². The highest BCUT2D eigenvalue weighted by Crippen LogP contribution is 2.25. The van der Waals surface area contributed by atoms with Crippen LogP contribution in [0.25, 0.3) is 0 Å². The molecule has 0 amide bonds. The van der Waals surface area contributed by atoms with E-state index in [1.807, 2.05) is 20.8 Å². The number of ether oxygens (including phenoxy) is 1. The molecule has 1 heterocycles. The van der Waals surface area contributed by atoms with Crippen LogP contribution in [0.5, 0.6) is 5.88 Å². The zero-order chi connectivity index (χ0) is 14.7. The first-order valence-electron chi connectivity index (χ1n) is 6.48. The number of hydrogen-bond donors (Lipinski definition) is 1. The van der Waals surface area contributed by atoms with Gasteiger partial charge in [-0.05, 0) is 20.8 Å². The van der Waals surface area contributed by atoms with Gasteiger partial charge in [-0.1, -0.05) is 26.7 Å². The third-order valence-electron chi connectivity index (χ3n) is 2.44. The van der Waals surface area contributed by atoms with E-state index >= 15 is 0 Å². The van der Waals surface area contributed by atoms with E-state index in [1.165, 1.54) is 0 Å². The molecule has 1 aromatic rings. The summed E-state index contributed by atoms with van der Waals surface area (Å²) in [6.45, 7) is 12.7. The largest absolute Gasteiger partial charge is 0.458 e. The van der Waals surface area contributed by atoms with Gasteiger partial charge in [0.15, 0.2) is 5.60 Å². The lowest BCUT2D eigenvalue weighted by Crippen LogP contribution is -2.27. The van der Waals surface area contributed by atoms with Crippen molar-refractivity contribution in [1.82, 2.24) is 9.97 Å².